The number of thioether (sulfide) groups is 1. The van der Waals surface area contributed by atoms with Crippen LogP contribution in [0.4, 0.5) is 10.5 Å². The Morgan fingerprint density at radius 1 is 0.975 bits per heavy atom. The van der Waals surface area contributed by atoms with Gasteiger partial charge in [-0.1, -0.05) is 80.1 Å². The molecule has 8 heteroatoms. The van der Waals surface area contributed by atoms with Crippen LogP contribution in [-0.2, 0) is 25.7 Å². The minimum Gasteiger partial charge on any atom is -0.450 e. The molecule has 2 atom stereocenters. The van der Waals surface area contributed by atoms with Crippen LogP contribution in [-0.4, -0.2) is 49.1 Å². The van der Waals surface area contributed by atoms with E-state index in [0.29, 0.717) is 0 Å². The number of hydrogen-bond donors (Lipinski definition) is 0. The molecule has 0 aliphatic carbocycles. The van der Waals surface area contributed by atoms with E-state index in [2.05, 4.69) is 0 Å². The van der Waals surface area contributed by atoms with E-state index < -0.39 is 23.4 Å². The van der Waals surface area contributed by atoms with Crippen LogP contribution in [0.3, 0.4) is 0 Å². The molecular formula is C32H36N2O5S. The van der Waals surface area contributed by atoms with E-state index >= 15 is 0 Å². The number of anilines is 1. The molecule has 1 heterocycles. The number of carbonyl (C=O) groups is 3. The van der Waals surface area contributed by atoms with Crippen molar-refractivity contribution in [2.24, 2.45) is 5.92 Å². The molecule has 0 saturated heterocycles. The van der Waals surface area contributed by atoms with Gasteiger partial charge < -0.3 is 19.3 Å². The van der Waals surface area contributed by atoms with Gasteiger partial charge in [0.05, 0.1) is 16.9 Å². The van der Waals surface area contributed by atoms with Gasteiger partial charge in [-0.15, -0.1) is 11.8 Å². The highest BCUT2D eigenvalue weighted by atomic mass is 32.2. The summed E-state index contributed by atoms with van der Waals surface area (Å²) in [4.78, 5) is 43.7. The Labute approximate surface area is 240 Å². The fourth-order valence-corrected chi connectivity index (χ4v) is 5.73. The molecule has 0 N–H and O–H groups in total. The zero-order chi connectivity index (χ0) is 28.8. The summed E-state index contributed by atoms with van der Waals surface area (Å²) >= 11 is 1.52. The van der Waals surface area contributed by atoms with Crippen molar-refractivity contribution in [3.8, 4) is 0 Å². The predicted octanol–water partition coefficient (Wildman–Crippen LogP) is 6.32. The SMILES string of the molecule is Cc1ccc([C@@H]2Sc3cc(C)ccc3N(CCN(C)C(=O)OCc3ccccc3)C(=O)[C@@H]2OC(=O)C(C)C)cc1. The predicted molar refractivity (Wildman–Crippen MR) is 157 cm³/mol. The molecule has 0 radical (unpaired) electrons. The van der Waals surface area contributed by atoms with Gasteiger partial charge in [-0.2, -0.15) is 0 Å². The summed E-state index contributed by atoms with van der Waals surface area (Å²) in [6.45, 7) is 8.13. The fourth-order valence-electron chi connectivity index (χ4n) is 4.31. The second kappa shape index (κ2) is 13.0. The van der Waals surface area contributed by atoms with Crippen LogP contribution < -0.4 is 4.90 Å². The van der Waals surface area contributed by atoms with Gasteiger partial charge in [-0.25, -0.2) is 4.79 Å². The van der Waals surface area contributed by atoms with Crippen LogP contribution in [0.2, 0.25) is 0 Å². The highest BCUT2D eigenvalue weighted by Gasteiger charge is 2.41. The summed E-state index contributed by atoms with van der Waals surface area (Å²) in [6.07, 6.45) is -1.52. The smallest absolute Gasteiger partial charge is 0.409 e. The monoisotopic (exact) mass is 560 g/mol. The molecule has 0 aromatic heterocycles. The molecule has 0 spiro atoms. The number of benzene rings is 3. The number of rotatable bonds is 8. The Morgan fingerprint density at radius 2 is 1.65 bits per heavy atom. The molecular weight excluding hydrogens is 524 g/mol. The zero-order valence-corrected chi connectivity index (χ0v) is 24.4. The Hall–Kier alpha value is -3.78. The summed E-state index contributed by atoms with van der Waals surface area (Å²) in [5, 5.41) is -0.435. The van der Waals surface area contributed by atoms with Crippen LogP contribution in [0.15, 0.2) is 77.7 Å². The Balaban J connectivity index is 1.61. The maximum absolute atomic E-state index is 14.2. The van der Waals surface area contributed by atoms with E-state index in [-0.39, 0.29) is 31.5 Å². The minimum absolute atomic E-state index is 0.164. The highest BCUT2D eigenvalue weighted by molar-refractivity contribution is 7.99. The van der Waals surface area contributed by atoms with Crippen molar-refractivity contribution in [1.82, 2.24) is 4.90 Å². The minimum atomic E-state index is -1.04. The van der Waals surface area contributed by atoms with Crippen molar-refractivity contribution in [2.45, 2.75) is 50.6 Å². The van der Waals surface area contributed by atoms with Gasteiger partial charge in [0.1, 0.15) is 6.61 Å². The lowest BCUT2D eigenvalue weighted by Crippen LogP contribution is -2.46. The molecule has 1 aliphatic heterocycles. The van der Waals surface area contributed by atoms with E-state index in [1.807, 2.05) is 86.6 Å². The van der Waals surface area contributed by atoms with Crippen molar-refractivity contribution in [3.05, 3.63) is 95.1 Å². The number of hydrogen-bond acceptors (Lipinski definition) is 6. The van der Waals surface area contributed by atoms with E-state index in [0.717, 1.165) is 32.8 Å². The second-order valence-electron chi connectivity index (χ2n) is 10.4. The number of esters is 1. The molecule has 4 rings (SSSR count). The van der Waals surface area contributed by atoms with Gasteiger partial charge in [0.2, 0.25) is 0 Å². The average molecular weight is 561 g/mol. The quantitative estimate of drug-likeness (QED) is 0.300. The van der Waals surface area contributed by atoms with Crippen LogP contribution in [0.25, 0.3) is 0 Å². The first-order valence-corrected chi connectivity index (χ1v) is 14.3. The number of fused-ring (bicyclic) bond motifs is 1. The molecule has 210 valence electrons. The van der Waals surface area contributed by atoms with Crippen molar-refractivity contribution < 1.29 is 23.9 Å². The normalized spacial score (nSPS) is 16.8. The molecule has 0 bridgehead atoms. The van der Waals surface area contributed by atoms with E-state index in [9.17, 15) is 14.4 Å². The largest absolute Gasteiger partial charge is 0.450 e. The zero-order valence-electron chi connectivity index (χ0n) is 23.6. The van der Waals surface area contributed by atoms with Crippen LogP contribution in [0.5, 0.6) is 0 Å². The summed E-state index contributed by atoms with van der Waals surface area (Å²) in [5.74, 6) is -1.14. The van der Waals surface area contributed by atoms with Crippen LogP contribution in [0.1, 0.15) is 41.4 Å². The Bertz CT molecular complexity index is 1340. The maximum atomic E-state index is 14.2. The molecule has 0 saturated carbocycles. The first kappa shape index (κ1) is 29.2. The lowest BCUT2D eigenvalue weighted by molar-refractivity contribution is -0.158. The summed E-state index contributed by atoms with van der Waals surface area (Å²) < 4.78 is 11.4. The molecule has 2 amide bonds. The topological polar surface area (TPSA) is 76.2 Å². The average Bonchev–Trinajstić information content (AvgIpc) is 3.05. The van der Waals surface area contributed by atoms with Gasteiger partial charge in [-0.3, -0.25) is 9.59 Å². The van der Waals surface area contributed by atoms with E-state index in [1.54, 1.807) is 25.8 Å². The fraction of sp³-hybridized carbons (Fsp3) is 0.344. The summed E-state index contributed by atoms with van der Waals surface area (Å²) in [7, 11) is 1.64. The summed E-state index contributed by atoms with van der Waals surface area (Å²) in [6, 6.07) is 23.4. The lowest BCUT2D eigenvalue weighted by atomic mass is 10.0. The third kappa shape index (κ3) is 7.04. The first-order valence-electron chi connectivity index (χ1n) is 13.4. The standard InChI is InChI=1S/C32H36N2O5S/c1-21(2)31(36)39-28-29(25-14-11-22(3)12-15-25)40-27-19-23(4)13-16-26(27)34(30(28)35)18-17-33(5)32(37)38-20-24-9-7-6-8-10-24/h6-16,19,21,28-29H,17-18,20H2,1-5H3/t28-,29+/m1/s1. The van der Waals surface area contributed by atoms with Crippen molar-refractivity contribution in [2.75, 3.05) is 25.0 Å². The number of nitrogens with zero attached hydrogens (tertiary/aromatic N) is 2. The van der Waals surface area contributed by atoms with E-state index in [4.69, 9.17) is 9.47 Å². The number of aryl methyl sites for hydroxylation is 2. The molecule has 40 heavy (non-hydrogen) atoms. The van der Waals surface area contributed by atoms with Crippen molar-refractivity contribution in [3.63, 3.8) is 0 Å². The van der Waals surface area contributed by atoms with Crippen molar-refractivity contribution >= 4 is 35.4 Å². The van der Waals surface area contributed by atoms with Crippen molar-refractivity contribution in [1.29, 1.82) is 0 Å². The van der Waals surface area contributed by atoms with Gasteiger partial charge in [0.15, 0.2) is 6.10 Å². The number of amides is 2. The number of likely N-dealkylation sites (N-methyl/N-ethyl adjacent to an activating group) is 1. The van der Waals surface area contributed by atoms with E-state index in [1.165, 1.54) is 16.7 Å². The Morgan fingerprint density at radius 3 is 2.33 bits per heavy atom. The highest BCUT2D eigenvalue weighted by Crippen LogP contribution is 2.47. The van der Waals surface area contributed by atoms with Crippen LogP contribution in [0, 0.1) is 19.8 Å². The molecule has 1 aliphatic rings. The van der Waals surface area contributed by atoms with Gasteiger partial charge >= 0.3 is 12.1 Å². The number of carbonyl (C=O) groups excluding carboxylic acids is 3. The molecule has 0 fully saturated rings. The summed E-state index contributed by atoms with van der Waals surface area (Å²) in [5.41, 5.74) is 4.68. The number of ether oxygens (including phenoxy) is 2. The molecule has 3 aromatic rings. The van der Waals surface area contributed by atoms with Gasteiger partial charge in [0.25, 0.3) is 5.91 Å². The third-order valence-electron chi connectivity index (χ3n) is 6.74. The third-order valence-corrected chi connectivity index (χ3v) is 8.09. The maximum Gasteiger partial charge on any atom is 0.409 e. The molecule has 0 unspecified atom stereocenters. The lowest BCUT2D eigenvalue weighted by Gasteiger charge is -2.29. The van der Waals surface area contributed by atoms with Gasteiger partial charge in [-0.05, 0) is 42.7 Å². The Kier molecular flexibility index (Phi) is 9.53. The first-order chi connectivity index (χ1) is 19.1. The molecule has 7 nitrogen and oxygen atoms in total. The molecule has 3 aromatic carbocycles. The van der Waals surface area contributed by atoms with Gasteiger partial charge in [0, 0.05) is 25.0 Å². The van der Waals surface area contributed by atoms with Crippen LogP contribution >= 0.6 is 11.8 Å². The second-order valence-corrected chi connectivity index (χ2v) is 11.6.